The fraction of sp³-hybridized carbons (Fsp3) is 0.200. The Morgan fingerprint density at radius 3 is 2.81 bits per heavy atom. The summed E-state index contributed by atoms with van der Waals surface area (Å²) >= 11 is 9.23. The number of amides is 1. The van der Waals surface area contributed by atoms with Gasteiger partial charge in [0.05, 0.1) is 12.1 Å². The molecule has 0 aliphatic rings. The van der Waals surface area contributed by atoms with Crippen LogP contribution in [0.15, 0.2) is 52.2 Å². The van der Waals surface area contributed by atoms with Crippen LogP contribution in [0.25, 0.3) is 0 Å². The van der Waals surface area contributed by atoms with Crippen LogP contribution in [-0.4, -0.2) is 10.9 Å². The molecular weight excluding hydrogens is 384 g/mol. The van der Waals surface area contributed by atoms with Crippen LogP contribution >= 0.6 is 34.7 Å². The fourth-order valence-corrected chi connectivity index (χ4v) is 4.40. The molecule has 1 N–H and O–H groups in total. The topological polar surface area (TPSA) is 42.0 Å². The predicted octanol–water partition coefficient (Wildman–Crippen LogP) is 5.89. The molecule has 2 aromatic carbocycles. The van der Waals surface area contributed by atoms with Crippen molar-refractivity contribution in [1.82, 2.24) is 4.98 Å². The van der Waals surface area contributed by atoms with Crippen molar-refractivity contribution in [2.75, 3.05) is 5.32 Å². The van der Waals surface area contributed by atoms with E-state index < -0.39 is 0 Å². The van der Waals surface area contributed by atoms with Gasteiger partial charge in [0.25, 0.3) is 0 Å². The predicted molar refractivity (Wildman–Crippen MR) is 111 cm³/mol. The van der Waals surface area contributed by atoms with Crippen molar-refractivity contribution < 1.29 is 4.79 Å². The Kier molecular flexibility index (Phi) is 6.35. The lowest BCUT2D eigenvalue weighted by Crippen LogP contribution is -2.14. The first-order chi connectivity index (χ1) is 12.5. The van der Waals surface area contributed by atoms with Gasteiger partial charge < -0.3 is 5.32 Å². The minimum atomic E-state index is -0.0510. The number of halogens is 1. The Bertz CT molecular complexity index is 924. The van der Waals surface area contributed by atoms with Crippen LogP contribution in [0.3, 0.4) is 0 Å². The number of hydrogen-bond donors (Lipinski definition) is 1. The first-order valence-electron chi connectivity index (χ1n) is 8.18. The number of carbonyl (C=O) groups excluding carboxylic acids is 1. The van der Waals surface area contributed by atoms with Crippen LogP contribution in [-0.2, 0) is 17.0 Å². The third-order valence-electron chi connectivity index (χ3n) is 3.91. The normalized spacial score (nSPS) is 10.7. The lowest BCUT2D eigenvalue weighted by molar-refractivity contribution is -0.115. The first-order valence-corrected chi connectivity index (χ1v) is 10.4. The number of thioether (sulfide) groups is 1. The number of benzene rings is 2. The van der Waals surface area contributed by atoms with Gasteiger partial charge in [0, 0.05) is 21.8 Å². The molecule has 0 spiro atoms. The molecular formula is C20H19ClN2OS2. The van der Waals surface area contributed by atoms with Gasteiger partial charge in [-0.05, 0) is 54.8 Å². The van der Waals surface area contributed by atoms with E-state index in [1.807, 2.05) is 54.8 Å². The second-order valence-electron chi connectivity index (χ2n) is 6.05. The van der Waals surface area contributed by atoms with E-state index in [4.69, 9.17) is 11.6 Å². The fourth-order valence-electron chi connectivity index (χ4n) is 2.40. The van der Waals surface area contributed by atoms with Crippen LogP contribution < -0.4 is 5.32 Å². The molecule has 26 heavy (non-hydrogen) atoms. The third-order valence-corrected chi connectivity index (χ3v) is 6.29. The van der Waals surface area contributed by atoms with Gasteiger partial charge in [0.2, 0.25) is 5.91 Å². The SMILES string of the molecule is Cc1ccc(NC(=O)Cc2csc(SCc3cccc(Cl)c3)n2)cc1C. The molecule has 134 valence electrons. The molecule has 0 saturated carbocycles. The average Bonchev–Trinajstić information content (AvgIpc) is 3.04. The molecule has 0 bridgehead atoms. The van der Waals surface area contributed by atoms with E-state index in [1.165, 1.54) is 5.56 Å². The molecule has 1 amide bonds. The molecule has 1 aromatic heterocycles. The van der Waals surface area contributed by atoms with E-state index in [2.05, 4.69) is 17.2 Å². The highest BCUT2D eigenvalue weighted by atomic mass is 35.5. The van der Waals surface area contributed by atoms with Gasteiger partial charge in [0.1, 0.15) is 4.34 Å². The van der Waals surface area contributed by atoms with Crippen molar-refractivity contribution >= 4 is 46.3 Å². The highest BCUT2D eigenvalue weighted by molar-refractivity contribution is 8.00. The minimum absolute atomic E-state index is 0.0510. The zero-order chi connectivity index (χ0) is 18.5. The average molecular weight is 403 g/mol. The van der Waals surface area contributed by atoms with Crippen LogP contribution in [0.4, 0.5) is 5.69 Å². The van der Waals surface area contributed by atoms with E-state index in [0.29, 0.717) is 0 Å². The van der Waals surface area contributed by atoms with Crippen molar-refractivity contribution in [2.24, 2.45) is 0 Å². The zero-order valence-electron chi connectivity index (χ0n) is 14.6. The molecule has 0 radical (unpaired) electrons. The summed E-state index contributed by atoms with van der Waals surface area (Å²) in [6, 6.07) is 13.7. The van der Waals surface area contributed by atoms with Crippen LogP contribution in [0.5, 0.6) is 0 Å². The number of thiazole rings is 1. The molecule has 0 saturated heterocycles. The second-order valence-corrected chi connectivity index (χ2v) is 8.56. The lowest BCUT2D eigenvalue weighted by atomic mass is 10.1. The van der Waals surface area contributed by atoms with Crippen molar-refractivity contribution in [3.63, 3.8) is 0 Å². The number of aryl methyl sites for hydroxylation is 2. The van der Waals surface area contributed by atoms with Crippen LogP contribution in [0, 0.1) is 13.8 Å². The molecule has 0 aliphatic carbocycles. The quantitative estimate of drug-likeness (QED) is 0.523. The van der Waals surface area contributed by atoms with Crippen molar-refractivity contribution in [2.45, 2.75) is 30.4 Å². The lowest BCUT2D eigenvalue weighted by Gasteiger charge is -2.06. The van der Waals surface area contributed by atoms with Gasteiger partial charge in [-0.2, -0.15) is 0 Å². The zero-order valence-corrected chi connectivity index (χ0v) is 17.0. The molecule has 0 aliphatic heterocycles. The molecule has 6 heteroatoms. The summed E-state index contributed by atoms with van der Waals surface area (Å²) in [6.07, 6.45) is 0.279. The Hall–Kier alpha value is -1.82. The minimum Gasteiger partial charge on any atom is -0.326 e. The maximum atomic E-state index is 12.2. The van der Waals surface area contributed by atoms with E-state index >= 15 is 0 Å². The third kappa shape index (κ3) is 5.34. The van der Waals surface area contributed by atoms with Gasteiger partial charge >= 0.3 is 0 Å². The molecule has 3 aromatic rings. The van der Waals surface area contributed by atoms with Crippen LogP contribution in [0.1, 0.15) is 22.4 Å². The van der Waals surface area contributed by atoms with Crippen molar-refractivity contribution in [1.29, 1.82) is 0 Å². The Morgan fingerprint density at radius 1 is 1.19 bits per heavy atom. The summed E-state index contributed by atoms with van der Waals surface area (Å²) in [6.45, 7) is 4.09. The highest BCUT2D eigenvalue weighted by Gasteiger charge is 2.09. The van der Waals surface area contributed by atoms with Gasteiger partial charge in [-0.25, -0.2) is 4.98 Å². The van der Waals surface area contributed by atoms with Crippen molar-refractivity contribution in [3.8, 4) is 0 Å². The summed E-state index contributed by atoms with van der Waals surface area (Å²) in [5.74, 6) is 0.757. The molecule has 3 nitrogen and oxygen atoms in total. The summed E-state index contributed by atoms with van der Waals surface area (Å²) in [4.78, 5) is 16.8. The molecule has 3 rings (SSSR count). The number of hydrogen-bond acceptors (Lipinski definition) is 4. The summed E-state index contributed by atoms with van der Waals surface area (Å²) in [5.41, 5.74) is 5.15. The summed E-state index contributed by atoms with van der Waals surface area (Å²) in [5, 5.41) is 5.62. The van der Waals surface area contributed by atoms with Crippen LogP contribution in [0.2, 0.25) is 5.02 Å². The second kappa shape index (κ2) is 8.71. The van der Waals surface area contributed by atoms with E-state index in [-0.39, 0.29) is 12.3 Å². The monoisotopic (exact) mass is 402 g/mol. The number of nitrogens with zero attached hydrogens (tertiary/aromatic N) is 1. The number of nitrogens with one attached hydrogen (secondary N) is 1. The van der Waals surface area contributed by atoms with E-state index in [0.717, 1.165) is 37.6 Å². The highest BCUT2D eigenvalue weighted by Crippen LogP contribution is 2.27. The Morgan fingerprint density at radius 2 is 2.04 bits per heavy atom. The van der Waals surface area contributed by atoms with E-state index in [9.17, 15) is 4.79 Å². The van der Waals surface area contributed by atoms with Gasteiger partial charge in [-0.3, -0.25) is 4.79 Å². The van der Waals surface area contributed by atoms with Gasteiger partial charge in [-0.15, -0.1) is 11.3 Å². The van der Waals surface area contributed by atoms with Crippen molar-refractivity contribution in [3.05, 3.63) is 75.3 Å². The maximum absolute atomic E-state index is 12.2. The maximum Gasteiger partial charge on any atom is 0.230 e. The van der Waals surface area contributed by atoms with Gasteiger partial charge in [-0.1, -0.05) is 41.6 Å². The smallest absolute Gasteiger partial charge is 0.230 e. The summed E-state index contributed by atoms with van der Waals surface area (Å²) in [7, 11) is 0. The molecule has 0 fully saturated rings. The van der Waals surface area contributed by atoms with Gasteiger partial charge in [0.15, 0.2) is 0 Å². The van der Waals surface area contributed by atoms with E-state index in [1.54, 1.807) is 23.1 Å². The number of anilines is 1. The standard InChI is InChI=1S/C20H19ClN2OS2/c1-13-6-7-17(8-14(13)2)22-19(24)10-18-12-26-20(23-18)25-11-15-4-3-5-16(21)9-15/h3-9,12H,10-11H2,1-2H3,(H,22,24). The molecule has 1 heterocycles. The number of rotatable bonds is 6. The molecule has 0 unspecified atom stereocenters. The molecule has 0 atom stereocenters. The Balaban J connectivity index is 1.54. The Labute approximate surface area is 166 Å². The largest absolute Gasteiger partial charge is 0.326 e. The number of aromatic nitrogens is 1. The number of carbonyl (C=O) groups is 1. The summed E-state index contributed by atoms with van der Waals surface area (Å²) < 4.78 is 0.957. The first kappa shape index (κ1) is 19.0.